The zero-order valence-corrected chi connectivity index (χ0v) is 11.1. The first kappa shape index (κ1) is 12.3. The molecule has 0 unspecified atom stereocenters. The second kappa shape index (κ2) is 4.58. The van der Waals surface area contributed by atoms with E-state index in [9.17, 15) is 5.26 Å². The Morgan fingerprint density at radius 2 is 1.94 bits per heavy atom. The maximum absolute atomic E-state index is 9.36. The second-order valence-corrected chi connectivity index (χ2v) is 7.18. The largest absolute Gasteiger partial charge is 0.381 e. The molecule has 0 radical (unpaired) electrons. The van der Waals surface area contributed by atoms with Gasteiger partial charge in [-0.2, -0.15) is 5.26 Å². The van der Waals surface area contributed by atoms with Gasteiger partial charge in [-0.25, -0.2) is 0 Å². The average Bonchev–Trinajstić information content (AvgIpc) is 2.24. The molecule has 0 aromatic carbocycles. The molecule has 1 aliphatic heterocycles. The van der Waals surface area contributed by atoms with Gasteiger partial charge in [0, 0.05) is 13.2 Å². The zero-order chi connectivity index (χ0) is 11.6. The minimum atomic E-state index is -0.0678. The van der Waals surface area contributed by atoms with E-state index in [1.807, 2.05) is 11.8 Å². The monoisotopic (exact) mass is 239 g/mol. The summed E-state index contributed by atoms with van der Waals surface area (Å²) in [7, 11) is 0. The van der Waals surface area contributed by atoms with E-state index in [-0.39, 0.29) is 4.75 Å². The average molecular weight is 239 g/mol. The summed E-state index contributed by atoms with van der Waals surface area (Å²) in [5, 5.41) is 9.36. The number of hydrogen-bond acceptors (Lipinski definition) is 3. The molecule has 0 amide bonds. The summed E-state index contributed by atoms with van der Waals surface area (Å²) in [6, 6.07) is 2.56. The van der Waals surface area contributed by atoms with E-state index in [1.165, 1.54) is 12.8 Å². The summed E-state index contributed by atoms with van der Waals surface area (Å²) in [5.74, 6) is 1.79. The summed E-state index contributed by atoms with van der Waals surface area (Å²) >= 11 is 1.88. The van der Waals surface area contributed by atoms with Crippen LogP contribution in [0.4, 0.5) is 0 Å². The third-order valence-electron chi connectivity index (χ3n) is 3.77. The van der Waals surface area contributed by atoms with Crippen LogP contribution < -0.4 is 0 Å². The van der Waals surface area contributed by atoms with Gasteiger partial charge in [-0.15, -0.1) is 11.8 Å². The lowest BCUT2D eigenvalue weighted by Crippen LogP contribution is -2.51. The van der Waals surface area contributed by atoms with Crippen LogP contribution in [0.3, 0.4) is 0 Å². The molecule has 0 N–H and O–H groups in total. The van der Waals surface area contributed by atoms with Gasteiger partial charge in [-0.3, -0.25) is 0 Å². The molecular weight excluding hydrogens is 218 g/mol. The lowest BCUT2D eigenvalue weighted by molar-refractivity contribution is -0.0364. The Kier molecular flexibility index (Phi) is 3.51. The van der Waals surface area contributed by atoms with E-state index in [2.05, 4.69) is 19.9 Å². The molecule has 2 aliphatic rings. The van der Waals surface area contributed by atoms with E-state index in [1.54, 1.807) is 0 Å². The van der Waals surface area contributed by atoms with Crippen molar-refractivity contribution < 1.29 is 4.74 Å². The highest BCUT2D eigenvalue weighted by molar-refractivity contribution is 8.00. The molecule has 3 heteroatoms. The molecule has 1 saturated heterocycles. The highest BCUT2D eigenvalue weighted by Crippen LogP contribution is 2.60. The lowest BCUT2D eigenvalue weighted by Gasteiger charge is -2.54. The third-order valence-corrected chi connectivity index (χ3v) is 5.54. The molecule has 0 aromatic rings. The number of ether oxygens (including phenoxy) is 1. The van der Waals surface area contributed by atoms with Crippen LogP contribution in [0.1, 0.15) is 39.5 Å². The Morgan fingerprint density at radius 1 is 1.31 bits per heavy atom. The van der Waals surface area contributed by atoms with E-state index in [4.69, 9.17) is 4.74 Å². The molecule has 1 heterocycles. The van der Waals surface area contributed by atoms with Crippen molar-refractivity contribution in [2.75, 3.05) is 19.0 Å². The molecule has 2 rings (SSSR count). The minimum Gasteiger partial charge on any atom is -0.381 e. The van der Waals surface area contributed by atoms with Crippen LogP contribution in [0.5, 0.6) is 0 Å². The van der Waals surface area contributed by atoms with Gasteiger partial charge in [0.1, 0.15) is 4.75 Å². The highest BCUT2D eigenvalue weighted by atomic mass is 32.2. The number of thioether (sulfide) groups is 1. The predicted molar refractivity (Wildman–Crippen MR) is 67.4 cm³/mol. The Bertz CT molecular complexity index is 281. The summed E-state index contributed by atoms with van der Waals surface area (Å²) in [4.78, 5) is 0. The van der Waals surface area contributed by atoms with Crippen LogP contribution in [0, 0.1) is 22.7 Å². The fourth-order valence-corrected chi connectivity index (χ4v) is 4.39. The smallest absolute Gasteiger partial charge is 0.103 e. The number of nitrogens with zero attached hydrogens (tertiary/aromatic N) is 1. The summed E-state index contributed by atoms with van der Waals surface area (Å²) < 4.78 is 5.34. The van der Waals surface area contributed by atoms with Crippen LogP contribution >= 0.6 is 11.8 Å². The minimum absolute atomic E-state index is 0.0678. The third kappa shape index (κ3) is 2.38. The van der Waals surface area contributed by atoms with Crippen molar-refractivity contribution in [3.63, 3.8) is 0 Å². The highest BCUT2D eigenvalue weighted by Gasteiger charge is 2.55. The van der Waals surface area contributed by atoms with Crippen LogP contribution in [-0.4, -0.2) is 23.7 Å². The zero-order valence-electron chi connectivity index (χ0n) is 10.3. The summed E-state index contributed by atoms with van der Waals surface area (Å²) in [6.07, 6.45) is 4.52. The molecule has 0 atom stereocenters. The molecule has 16 heavy (non-hydrogen) atoms. The Morgan fingerprint density at radius 3 is 2.44 bits per heavy atom. The van der Waals surface area contributed by atoms with Gasteiger partial charge in [0.2, 0.25) is 0 Å². The van der Waals surface area contributed by atoms with Gasteiger partial charge in [0.05, 0.1) is 6.07 Å². The van der Waals surface area contributed by atoms with Crippen molar-refractivity contribution >= 4 is 11.8 Å². The summed E-state index contributed by atoms with van der Waals surface area (Å²) in [5.41, 5.74) is 0.456. The fourth-order valence-electron chi connectivity index (χ4n) is 2.86. The topological polar surface area (TPSA) is 33.0 Å². The van der Waals surface area contributed by atoms with Crippen molar-refractivity contribution in [2.24, 2.45) is 11.3 Å². The van der Waals surface area contributed by atoms with Crippen molar-refractivity contribution in [1.29, 1.82) is 5.26 Å². The molecule has 0 aromatic heterocycles. The van der Waals surface area contributed by atoms with E-state index in [0.29, 0.717) is 11.3 Å². The molecular formula is C13H21NOS. The Labute approximate surface area is 103 Å². The van der Waals surface area contributed by atoms with E-state index < -0.39 is 0 Å². The second-order valence-electron chi connectivity index (χ2n) is 5.78. The first-order valence-electron chi connectivity index (χ1n) is 6.23. The normalized spacial score (nSPS) is 26.4. The number of nitriles is 1. The number of hydrogen-bond donors (Lipinski definition) is 0. The van der Waals surface area contributed by atoms with E-state index >= 15 is 0 Å². The van der Waals surface area contributed by atoms with Gasteiger partial charge >= 0.3 is 0 Å². The molecule has 1 aliphatic carbocycles. The molecule has 2 nitrogen and oxygen atoms in total. The van der Waals surface area contributed by atoms with Crippen molar-refractivity contribution in [3.05, 3.63) is 0 Å². The first-order valence-corrected chi connectivity index (χ1v) is 7.21. The first-order chi connectivity index (χ1) is 7.60. The van der Waals surface area contributed by atoms with Crippen LogP contribution in [0.25, 0.3) is 0 Å². The van der Waals surface area contributed by atoms with Gasteiger partial charge in [-0.1, -0.05) is 13.8 Å². The van der Waals surface area contributed by atoms with Crippen molar-refractivity contribution in [1.82, 2.24) is 0 Å². The maximum atomic E-state index is 9.36. The van der Waals surface area contributed by atoms with Gasteiger partial charge in [0.25, 0.3) is 0 Å². The van der Waals surface area contributed by atoms with Crippen molar-refractivity contribution in [2.45, 2.75) is 44.3 Å². The Balaban J connectivity index is 1.89. The predicted octanol–water partition coefficient (Wildman–Crippen LogP) is 3.23. The molecule has 1 spiro atoms. The standard InChI is InChI=1S/C13H21NOS/c1-11(2)7-16-13(10-14)8-12(9-13)3-5-15-6-4-12/h11H,3-9H2,1-2H3. The molecule has 2 fully saturated rings. The van der Waals surface area contributed by atoms with Crippen molar-refractivity contribution in [3.8, 4) is 6.07 Å². The van der Waals surface area contributed by atoms with Gasteiger partial charge in [-0.05, 0) is 42.8 Å². The van der Waals surface area contributed by atoms with Gasteiger partial charge < -0.3 is 4.74 Å². The molecule has 0 bridgehead atoms. The maximum Gasteiger partial charge on any atom is 0.103 e. The fraction of sp³-hybridized carbons (Fsp3) is 0.923. The summed E-state index contributed by atoms with van der Waals surface area (Å²) in [6.45, 7) is 6.24. The SMILES string of the molecule is CC(C)CSC1(C#N)CC2(CCOCC2)C1. The van der Waals surface area contributed by atoms with Crippen LogP contribution in [-0.2, 0) is 4.74 Å². The lowest BCUT2D eigenvalue weighted by atomic mass is 9.58. The van der Waals surface area contributed by atoms with Gasteiger partial charge in [0.15, 0.2) is 0 Å². The van der Waals surface area contributed by atoms with Crippen LogP contribution in [0.15, 0.2) is 0 Å². The Hall–Kier alpha value is -0.200. The molecule has 90 valence electrons. The quantitative estimate of drug-likeness (QED) is 0.758. The van der Waals surface area contributed by atoms with E-state index in [0.717, 1.165) is 31.8 Å². The van der Waals surface area contributed by atoms with Crippen LogP contribution in [0.2, 0.25) is 0 Å². The number of rotatable bonds is 3. The molecule has 1 saturated carbocycles.